The van der Waals surface area contributed by atoms with Crippen LogP contribution in [0.1, 0.15) is 0 Å². The Morgan fingerprint density at radius 2 is 0.500 bits per heavy atom. The Morgan fingerprint density at radius 1 is 0.333 bits per heavy atom. The van der Waals surface area contributed by atoms with Gasteiger partial charge in [0.05, 0.1) is 0 Å². The third-order valence-corrected chi connectivity index (χ3v) is 7.59. The smallest absolute Gasteiger partial charge is 0.395 e. The first kappa shape index (κ1) is 32.2. The Labute approximate surface area is 246 Å². The predicted molar refractivity (Wildman–Crippen MR) is 164 cm³/mol. The summed E-state index contributed by atoms with van der Waals surface area (Å²) in [4.78, 5) is 0. The zero-order valence-corrected chi connectivity index (χ0v) is 25.0. The molecule has 0 saturated heterocycles. The van der Waals surface area contributed by atoms with E-state index in [1.54, 1.807) is 97.1 Å². The predicted octanol–water partition coefficient (Wildman–Crippen LogP) is 9.48. The minimum absolute atomic E-state index is 0.429. The van der Waals surface area contributed by atoms with Gasteiger partial charge < -0.3 is 18.1 Å². The number of hydrogen-bond donors (Lipinski definition) is 0. The van der Waals surface area contributed by atoms with Crippen molar-refractivity contribution in [3.63, 3.8) is 0 Å². The Kier molecular flexibility index (Phi) is 13.4. The van der Waals surface area contributed by atoms with E-state index in [2.05, 4.69) is 0 Å². The van der Waals surface area contributed by atoms with Crippen LogP contribution in [0.25, 0.3) is 0 Å². The van der Waals surface area contributed by atoms with Crippen molar-refractivity contribution in [3.05, 3.63) is 158 Å². The second-order valence-corrected chi connectivity index (χ2v) is 11.3. The maximum absolute atomic E-state index is 12.3. The molecular weight excluding hydrogens is 574 g/mol. The molecule has 0 saturated carbocycles. The maximum Gasteiger partial charge on any atom is 0.587 e. The number of hydrogen-bond acceptors (Lipinski definition) is 8. The van der Waals surface area contributed by atoms with Gasteiger partial charge in [0.1, 0.15) is 23.0 Å². The summed E-state index contributed by atoms with van der Waals surface area (Å²) in [7, 11) is -4.72. The molecular formula is C32H32O8P2. The molecule has 0 N–H and O–H groups in total. The summed E-state index contributed by atoms with van der Waals surface area (Å²) in [6.07, 6.45) is 0. The molecule has 0 atom stereocenters. The van der Waals surface area contributed by atoms with Crippen molar-refractivity contribution < 1.29 is 36.3 Å². The van der Waals surface area contributed by atoms with Crippen molar-refractivity contribution in [3.8, 4) is 23.0 Å². The van der Waals surface area contributed by atoms with Crippen LogP contribution >= 0.6 is 15.6 Å². The van der Waals surface area contributed by atoms with Gasteiger partial charge in [0.2, 0.25) is 0 Å². The molecule has 218 valence electrons. The van der Waals surface area contributed by atoms with Crippen molar-refractivity contribution in [2.75, 3.05) is 14.2 Å². The molecule has 0 aliphatic carbocycles. The fourth-order valence-electron chi connectivity index (χ4n) is 3.01. The van der Waals surface area contributed by atoms with Crippen LogP contribution in [-0.2, 0) is 18.2 Å². The molecule has 42 heavy (non-hydrogen) atoms. The molecule has 8 nitrogen and oxygen atoms in total. The SMILES string of the molecule is COP(=O)(Oc1ccccc1)Oc1ccccc1.COP(=O)(Oc1ccccc1)Oc1ccccc1.c1ccccc1. The monoisotopic (exact) mass is 606 g/mol. The fourth-order valence-corrected chi connectivity index (χ4v) is 4.91. The van der Waals surface area contributed by atoms with Gasteiger partial charge >= 0.3 is 15.6 Å². The van der Waals surface area contributed by atoms with Crippen LogP contribution in [0.2, 0.25) is 0 Å². The van der Waals surface area contributed by atoms with Gasteiger partial charge in [0.25, 0.3) is 0 Å². The Bertz CT molecular complexity index is 1270. The molecule has 0 aromatic heterocycles. The zero-order chi connectivity index (χ0) is 29.9. The second-order valence-electron chi connectivity index (χ2n) is 8.03. The quantitative estimate of drug-likeness (QED) is 0.145. The summed E-state index contributed by atoms with van der Waals surface area (Å²) in [6.45, 7) is 0. The summed E-state index contributed by atoms with van der Waals surface area (Å²) in [5.41, 5.74) is 0. The molecule has 5 aromatic carbocycles. The van der Waals surface area contributed by atoms with Crippen LogP contribution in [0.5, 0.6) is 23.0 Å². The van der Waals surface area contributed by atoms with E-state index in [1.807, 2.05) is 60.7 Å². The number of para-hydroxylation sites is 4. The van der Waals surface area contributed by atoms with Crippen molar-refractivity contribution in [1.29, 1.82) is 0 Å². The average Bonchev–Trinajstić information content (AvgIpc) is 3.04. The van der Waals surface area contributed by atoms with Gasteiger partial charge in [0.15, 0.2) is 0 Å². The highest BCUT2D eigenvalue weighted by molar-refractivity contribution is 7.49. The summed E-state index contributed by atoms with van der Waals surface area (Å²) in [5.74, 6) is 1.72. The van der Waals surface area contributed by atoms with Gasteiger partial charge in [-0.15, -0.1) is 0 Å². The summed E-state index contributed by atoms with van der Waals surface area (Å²) >= 11 is 0. The maximum atomic E-state index is 12.3. The highest BCUT2D eigenvalue weighted by atomic mass is 31.2. The van der Waals surface area contributed by atoms with E-state index in [9.17, 15) is 9.13 Å². The van der Waals surface area contributed by atoms with Crippen molar-refractivity contribution in [1.82, 2.24) is 0 Å². The first-order valence-electron chi connectivity index (χ1n) is 12.7. The second kappa shape index (κ2) is 17.5. The molecule has 0 bridgehead atoms. The van der Waals surface area contributed by atoms with Gasteiger partial charge in [-0.25, -0.2) is 9.13 Å². The Balaban J connectivity index is 0.000000192. The van der Waals surface area contributed by atoms with Crippen LogP contribution in [0.15, 0.2) is 158 Å². The molecule has 5 aromatic rings. The van der Waals surface area contributed by atoms with Gasteiger partial charge in [-0.1, -0.05) is 109 Å². The average molecular weight is 607 g/mol. The molecule has 0 spiro atoms. The summed E-state index contributed by atoms with van der Waals surface area (Å²) in [5, 5.41) is 0. The van der Waals surface area contributed by atoms with E-state index in [0.29, 0.717) is 23.0 Å². The van der Waals surface area contributed by atoms with Crippen LogP contribution in [0.4, 0.5) is 0 Å². The van der Waals surface area contributed by atoms with Crippen LogP contribution in [0, 0.1) is 0 Å². The first-order chi connectivity index (χ1) is 20.4. The molecule has 0 heterocycles. The molecule has 0 radical (unpaired) electrons. The molecule has 5 rings (SSSR count). The van der Waals surface area contributed by atoms with Crippen LogP contribution in [0.3, 0.4) is 0 Å². The summed E-state index contributed by atoms with van der Waals surface area (Å²) < 4.78 is 55.3. The van der Waals surface area contributed by atoms with E-state index in [1.165, 1.54) is 14.2 Å². The van der Waals surface area contributed by atoms with Crippen molar-refractivity contribution >= 4 is 15.6 Å². The minimum atomic E-state index is -3.64. The fraction of sp³-hybridized carbons (Fsp3) is 0.0625. The van der Waals surface area contributed by atoms with E-state index in [-0.39, 0.29) is 0 Å². The standard InChI is InChI=1S/2C13H13O4P.C6H6/c2*1-15-18(14,16-12-8-4-2-5-9-12)17-13-10-6-3-7-11-13;1-2-4-6-5-3-1/h2*2-11H,1H3;1-6H. The van der Waals surface area contributed by atoms with Crippen LogP contribution < -0.4 is 18.1 Å². The van der Waals surface area contributed by atoms with Gasteiger partial charge in [0, 0.05) is 14.2 Å². The Hall–Kier alpha value is -4.32. The molecule has 0 unspecified atom stereocenters. The Morgan fingerprint density at radius 3 is 0.667 bits per heavy atom. The summed E-state index contributed by atoms with van der Waals surface area (Å²) in [6, 6.07) is 47.0. The van der Waals surface area contributed by atoms with E-state index in [4.69, 9.17) is 27.1 Å². The van der Waals surface area contributed by atoms with E-state index < -0.39 is 15.6 Å². The van der Waals surface area contributed by atoms with E-state index in [0.717, 1.165) is 0 Å². The number of phosphoric ester groups is 2. The zero-order valence-electron chi connectivity index (χ0n) is 23.2. The highest BCUT2D eigenvalue weighted by Crippen LogP contribution is 2.49. The van der Waals surface area contributed by atoms with Gasteiger partial charge in [-0.3, -0.25) is 9.05 Å². The van der Waals surface area contributed by atoms with Gasteiger partial charge in [-0.2, -0.15) is 0 Å². The lowest BCUT2D eigenvalue weighted by molar-refractivity contribution is 0.248. The van der Waals surface area contributed by atoms with Crippen molar-refractivity contribution in [2.45, 2.75) is 0 Å². The molecule has 0 aliphatic heterocycles. The van der Waals surface area contributed by atoms with Crippen LogP contribution in [-0.4, -0.2) is 14.2 Å². The third kappa shape index (κ3) is 12.0. The third-order valence-electron chi connectivity index (χ3n) is 4.96. The number of rotatable bonds is 10. The molecule has 0 amide bonds. The number of phosphoric acid groups is 2. The van der Waals surface area contributed by atoms with Crippen molar-refractivity contribution in [2.24, 2.45) is 0 Å². The van der Waals surface area contributed by atoms with Gasteiger partial charge in [-0.05, 0) is 48.5 Å². The topological polar surface area (TPSA) is 89.5 Å². The van der Waals surface area contributed by atoms with E-state index >= 15 is 0 Å². The minimum Gasteiger partial charge on any atom is -0.395 e. The highest BCUT2D eigenvalue weighted by Gasteiger charge is 2.29. The molecule has 10 heteroatoms. The lowest BCUT2D eigenvalue weighted by Crippen LogP contribution is -2.02. The molecule has 0 aliphatic rings. The molecule has 0 fully saturated rings. The largest absolute Gasteiger partial charge is 0.587 e. The number of benzene rings is 5. The normalized spacial score (nSPS) is 10.5. The lowest BCUT2D eigenvalue weighted by atomic mass is 10.3. The first-order valence-corrected chi connectivity index (χ1v) is 15.7. The lowest BCUT2D eigenvalue weighted by Gasteiger charge is -2.16.